The monoisotopic (exact) mass is 367 g/mol. The lowest BCUT2D eigenvalue weighted by molar-refractivity contribution is 0.0709. The first kappa shape index (κ1) is 17.3. The van der Waals surface area contributed by atoms with E-state index in [-0.39, 0.29) is 22.8 Å². The first-order valence-electron chi connectivity index (χ1n) is 8.91. The predicted molar refractivity (Wildman–Crippen MR) is 100 cm³/mol. The number of methoxy groups -OCH3 is 1. The van der Waals surface area contributed by atoms with Crippen LogP contribution in [0.4, 0.5) is 0 Å². The summed E-state index contributed by atoms with van der Waals surface area (Å²) in [5.74, 6) is 1.57. The van der Waals surface area contributed by atoms with Crippen molar-refractivity contribution in [3.8, 4) is 5.75 Å². The van der Waals surface area contributed by atoms with Crippen LogP contribution < -0.4 is 10.2 Å². The standard InChI is InChI=1S/C19H21N5O3/c1-23-11-21-22-18(23)12-5-7-24(8-6-12)19(26)15-10-20-16-4-3-13(27-2)9-14(16)17(15)25/h3-4,9-12H,5-8H2,1-2H3,(H,20,25). The molecular weight excluding hydrogens is 346 g/mol. The van der Waals surface area contributed by atoms with Crippen LogP contribution in [-0.2, 0) is 7.05 Å². The Morgan fingerprint density at radius 1 is 1.30 bits per heavy atom. The van der Waals surface area contributed by atoms with E-state index in [4.69, 9.17) is 4.74 Å². The van der Waals surface area contributed by atoms with Crippen LogP contribution in [0.1, 0.15) is 34.9 Å². The Bertz CT molecular complexity index is 1050. The molecule has 4 rings (SSSR count). The van der Waals surface area contributed by atoms with Crippen LogP contribution >= 0.6 is 0 Å². The summed E-state index contributed by atoms with van der Waals surface area (Å²) in [6.45, 7) is 1.18. The van der Waals surface area contributed by atoms with Crippen molar-refractivity contribution in [3.05, 3.63) is 52.3 Å². The minimum atomic E-state index is -0.275. The summed E-state index contributed by atoms with van der Waals surface area (Å²) in [6, 6.07) is 5.21. The number of hydrogen-bond donors (Lipinski definition) is 1. The topological polar surface area (TPSA) is 93.1 Å². The highest BCUT2D eigenvalue weighted by molar-refractivity contribution is 5.97. The number of carbonyl (C=O) groups excluding carboxylic acids is 1. The van der Waals surface area contributed by atoms with Crippen molar-refractivity contribution in [1.82, 2.24) is 24.6 Å². The Kier molecular flexibility index (Phi) is 4.39. The number of benzene rings is 1. The molecule has 3 heterocycles. The molecule has 1 aliphatic rings. The molecule has 0 spiro atoms. The van der Waals surface area contributed by atoms with Crippen LogP contribution in [0, 0.1) is 0 Å². The lowest BCUT2D eigenvalue weighted by Crippen LogP contribution is -2.40. The minimum absolute atomic E-state index is 0.160. The maximum Gasteiger partial charge on any atom is 0.259 e. The van der Waals surface area contributed by atoms with E-state index in [1.54, 1.807) is 36.5 Å². The Balaban J connectivity index is 1.56. The van der Waals surface area contributed by atoms with Gasteiger partial charge < -0.3 is 19.2 Å². The van der Waals surface area contributed by atoms with E-state index < -0.39 is 0 Å². The first-order valence-corrected chi connectivity index (χ1v) is 8.91. The Morgan fingerprint density at radius 2 is 2.07 bits per heavy atom. The fraction of sp³-hybridized carbons (Fsp3) is 0.368. The van der Waals surface area contributed by atoms with E-state index in [1.165, 1.54) is 6.20 Å². The summed E-state index contributed by atoms with van der Waals surface area (Å²) in [6.07, 6.45) is 4.80. The molecule has 0 saturated carbocycles. The van der Waals surface area contributed by atoms with Crippen molar-refractivity contribution >= 4 is 16.8 Å². The van der Waals surface area contributed by atoms with Gasteiger partial charge in [0.15, 0.2) is 0 Å². The normalized spacial score (nSPS) is 15.3. The number of rotatable bonds is 3. The average molecular weight is 367 g/mol. The molecular formula is C19H21N5O3. The van der Waals surface area contributed by atoms with Crippen molar-refractivity contribution in [1.29, 1.82) is 0 Å². The number of piperidine rings is 1. The zero-order valence-electron chi connectivity index (χ0n) is 15.3. The van der Waals surface area contributed by atoms with Crippen molar-refractivity contribution in [3.63, 3.8) is 0 Å². The smallest absolute Gasteiger partial charge is 0.259 e. The molecule has 1 amide bonds. The van der Waals surface area contributed by atoms with Crippen molar-refractivity contribution in [2.24, 2.45) is 7.05 Å². The molecule has 27 heavy (non-hydrogen) atoms. The van der Waals surface area contributed by atoms with Gasteiger partial charge in [0.2, 0.25) is 5.43 Å². The van der Waals surface area contributed by atoms with Crippen LogP contribution in [0.2, 0.25) is 0 Å². The molecule has 0 atom stereocenters. The molecule has 140 valence electrons. The molecule has 8 heteroatoms. The molecule has 1 aromatic carbocycles. The van der Waals surface area contributed by atoms with Crippen molar-refractivity contribution < 1.29 is 9.53 Å². The fourth-order valence-electron chi connectivity index (χ4n) is 3.66. The van der Waals surface area contributed by atoms with Gasteiger partial charge in [0.1, 0.15) is 23.5 Å². The van der Waals surface area contributed by atoms with Gasteiger partial charge in [-0.2, -0.15) is 0 Å². The SMILES string of the molecule is COc1ccc2[nH]cc(C(=O)N3CCC(c4nncn4C)CC3)c(=O)c2c1. The third-order valence-electron chi connectivity index (χ3n) is 5.21. The van der Waals surface area contributed by atoms with Gasteiger partial charge in [-0.15, -0.1) is 10.2 Å². The van der Waals surface area contributed by atoms with Gasteiger partial charge >= 0.3 is 0 Å². The molecule has 1 aliphatic heterocycles. The van der Waals surface area contributed by atoms with Crippen LogP contribution in [0.3, 0.4) is 0 Å². The number of ether oxygens (including phenoxy) is 1. The first-order chi connectivity index (χ1) is 13.1. The summed E-state index contributed by atoms with van der Waals surface area (Å²) in [4.78, 5) is 30.5. The van der Waals surface area contributed by atoms with Crippen molar-refractivity contribution in [2.75, 3.05) is 20.2 Å². The molecule has 8 nitrogen and oxygen atoms in total. The van der Waals surface area contributed by atoms with Gasteiger partial charge in [0.05, 0.1) is 7.11 Å². The quantitative estimate of drug-likeness (QED) is 0.760. The number of carbonyl (C=O) groups is 1. The maximum atomic E-state index is 12.9. The third kappa shape index (κ3) is 3.07. The van der Waals surface area contributed by atoms with Gasteiger partial charge in [0, 0.05) is 43.2 Å². The number of aromatic nitrogens is 4. The average Bonchev–Trinajstić information content (AvgIpc) is 3.13. The number of pyridine rings is 1. The second-order valence-electron chi connectivity index (χ2n) is 6.81. The van der Waals surface area contributed by atoms with Crippen LogP contribution in [0.25, 0.3) is 10.9 Å². The highest BCUT2D eigenvalue weighted by atomic mass is 16.5. The number of aromatic amines is 1. The Labute approximate surface area is 155 Å². The summed E-state index contributed by atoms with van der Waals surface area (Å²) < 4.78 is 7.11. The zero-order valence-corrected chi connectivity index (χ0v) is 15.3. The molecule has 0 bridgehead atoms. The van der Waals surface area contributed by atoms with E-state index in [0.29, 0.717) is 29.7 Å². The van der Waals surface area contributed by atoms with Crippen LogP contribution in [0.15, 0.2) is 35.5 Å². The number of likely N-dealkylation sites (tertiary alicyclic amines) is 1. The van der Waals surface area contributed by atoms with Crippen LogP contribution in [0.5, 0.6) is 5.75 Å². The second kappa shape index (κ2) is 6.86. The Hall–Kier alpha value is -3.16. The number of fused-ring (bicyclic) bond motifs is 1. The van der Waals surface area contributed by atoms with Crippen LogP contribution in [-0.4, -0.2) is 50.8 Å². The zero-order chi connectivity index (χ0) is 19.0. The van der Waals surface area contributed by atoms with E-state index in [0.717, 1.165) is 18.7 Å². The molecule has 1 fully saturated rings. The van der Waals surface area contributed by atoms with Gasteiger partial charge in [-0.1, -0.05) is 0 Å². The molecule has 3 aromatic rings. The molecule has 2 aromatic heterocycles. The molecule has 0 radical (unpaired) electrons. The van der Waals surface area contributed by atoms with Crippen molar-refractivity contribution in [2.45, 2.75) is 18.8 Å². The molecule has 1 saturated heterocycles. The fourth-order valence-corrected chi connectivity index (χ4v) is 3.66. The summed E-state index contributed by atoms with van der Waals surface area (Å²) in [5, 5.41) is 8.56. The highest BCUT2D eigenvalue weighted by Crippen LogP contribution is 2.26. The number of amides is 1. The second-order valence-corrected chi connectivity index (χ2v) is 6.81. The number of aryl methyl sites for hydroxylation is 1. The van der Waals surface area contributed by atoms with E-state index in [2.05, 4.69) is 15.2 Å². The lowest BCUT2D eigenvalue weighted by atomic mass is 9.95. The lowest BCUT2D eigenvalue weighted by Gasteiger charge is -2.31. The third-order valence-corrected chi connectivity index (χ3v) is 5.21. The van der Waals surface area contributed by atoms with Gasteiger partial charge in [-0.3, -0.25) is 9.59 Å². The number of hydrogen-bond acceptors (Lipinski definition) is 5. The highest BCUT2D eigenvalue weighted by Gasteiger charge is 2.28. The molecule has 1 N–H and O–H groups in total. The van der Waals surface area contributed by atoms with E-state index in [1.807, 2.05) is 11.6 Å². The molecule has 0 unspecified atom stereocenters. The van der Waals surface area contributed by atoms with E-state index >= 15 is 0 Å². The summed E-state index contributed by atoms with van der Waals surface area (Å²) >= 11 is 0. The van der Waals surface area contributed by atoms with Gasteiger partial charge in [-0.05, 0) is 31.0 Å². The minimum Gasteiger partial charge on any atom is -0.497 e. The van der Waals surface area contributed by atoms with Gasteiger partial charge in [0.25, 0.3) is 5.91 Å². The summed E-state index contributed by atoms with van der Waals surface area (Å²) in [7, 11) is 3.47. The number of H-pyrrole nitrogens is 1. The van der Waals surface area contributed by atoms with Gasteiger partial charge in [-0.25, -0.2) is 0 Å². The summed E-state index contributed by atoms with van der Waals surface area (Å²) in [5.41, 5.74) is 0.564. The number of nitrogens with one attached hydrogen (secondary N) is 1. The number of nitrogens with zero attached hydrogens (tertiary/aromatic N) is 4. The molecule has 0 aliphatic carbocycles. The maximum absolute atomic E-state index is 12.9. The van der Waals surface area contributed by atoms with E-state index in [9.17, 15) is 9.59 Å². The largest absolute Gasteiger partial charge is 0.497 e. The predicted octanol–water partition coefficient (Wildman–Crippen LogP) is 1.69. The Morgan fingerprint density at radius 3 is 2.74 bits per heavy atom.